The second-order valence-electron chi connectivity index (χ2n) is 7.19. The van der Waals surface area contributed by atoms with Gasteiger partial charge in [0.25, 0.3) is 5.91 Å². The Morgan fingerprint density at radius 1 is 1.30 bits per heavy atom. The maximum Gasteiger partial charge on any atom is 0.331 e. The second kappa shape index (κ2) is 9.53. The van der Waals surface area contributed by atoms with Crippen LogP contribution < -0.4 is 10.1 Å². The predicted octanol–water partition coefficient (Wildman–Crippen LogP) is 3.72. The monoisotopic (exact) mass is 377 g/mol. The molecule has 1 aromatic carbocycles. The molecule has 6 heteroatoms. The van der Waals surface area contributed by atoms with Crippen molar-refractivity contribution in [1.29, 1.82) is 0 Å². The Kier molecular flexibility index (Phi) is 7.39. The van der Waals surface area contributed by atoms with Gasteiger partial charge in [0.05, 0.1) is 7.11 Å². The van der Waals surface area contributed by atoms with Crippen molar-refractivity contribution >= 4 is 18.0 Å². The first-order chi connectivity index (χ1) is 12.8. The lowest BCUT2D eigenvalue weighted by Gasteiger charge is -2.35. The first kappa shape index (κ1) is 20.9. The van der Waals surface area contributed by atoms with Crippen LogP contribution in [0.1, 0.15) is 45.6 Å². The highest BCUT2D eigenvalue weighted by Crippen LogP contribution is 2.29. The molecule has 27 heavy (non-hydrogen) atoms. The zero-order valence-electron chi connectivity index (χ0n) is 16.3. The molecule has 1 fully saturated rings. The zero-order chi connectivity index (χ0) is 20.0. The third-order valence-corrected chi connectivity index (χ3v) is 5.28. The number of hydrogen-bond donors (Lipinski definition) is 1. The van der Waals surface area contributed by atoms with Crippen LogP contribution in [0.2, 0.25) is 0 Å². The number of nitrogens with one attached hydrogen (secondary N) is 1. The van der Waals surface area contributed by atoms with E-state index in [0.717, 1.165) is 12.8 Å². The highest BCUT2D eigenvalue weighted by molar-refractivity contribution is 5.90. The Bertz CT molecular complexity index is 703. The van der Waals surface area contributed by atoms with E-state index in [4.69, 9.17) is 9.47 Å². The molecule has 0 aliphatic heterocycles. The minimum absolute atomic E-state index is 0.111. The van der Waals surface area contributed by atoms with Crippen molar-refractivity contribution in [1.82, 2.24) is 5.32 Å². The number of rotatable bonds is 6. The van der Waals surface area contributed by atoms with Gasteiger partial charge in [0.1, 0.15) is 0 Å². The van der Waals surface area contributed by atoms with Crippen LogP contribution in [0, 0.1) is 17.7 Å². The van der Waals surface area contributed by atoms with Crippen LogP contribution in [0.4, 0.5) is 4.39 Å². The third-order valence-electron chi connectivity index (χ3n) is 5.28. The van der Waals surface area contributed by atoms with E-state index in [-0.39, 0.29) is 17.7 Å². The Hall–Kier alpha value is -2.37. The lowest BCUT2D eigenvalue weighted by molar-refractivity contribution is -0.150. The van der Waals surface area contributed by atoms with Crippen LogP contribution in [-0.2, 0) is 14.3 Å². The molecular formula is C21H28FNO4. The van der Waals surface area contributed by atoms with Gasteiger partial charge in [0.2, 0.25) is 0 Å². The number of carbonyl (C=O) groups excluding carboxylic acids is 2. The number of halogens is 1. The van der Waals surface area contributed by atoms with Crippen LogP contribution in [0.5, 0.6) is 5.75 Å². The molecule has 148 valence electrons. The molecule has 0 radical (unpaired) electrons. The largest absolute Gasteiger partial charge is 0.494 e. The van der Waals surface area contributed by atoms with E-state index >= 15 is 0 Å². The van der Waals surface area contributed by atoms with Gasteiger partial charge in [-0.2, -0.15) is 0 Å². The summed E-state index contributed by atoms with van der Waals surface area (Å²) in [5.74, 6) is -0.370. The Morgan fingerprint density at radius 3 is 2.70 bits per heavy atom. The predicted molar refractivity (Wildman–Crippen MR) is 102 cm³/mol. The van der Waals surface area contributed by atoms with Crippen molar-refractivity contribution in [3.8, 4) is 5.75 Å². The molecule has 2 rings (SSSR count). The molecule has 0 heterocycles. The summed E-state index contributed by atoms with van der Waals surface area (Å²) in [6.07, 6.45) is 4.93. The highest BCUT2D eigenvalue weighted by Gasteiger charge is 2.29. The van der Waals surface area contributed by atoms with Crippen LogP contribution in [0.3, 0.4) is 0 Å². The average molecular weight is 377 g/mol. The minimum atomic E-state index is -0.890. The fourth-order valence-corrected chi connectivity index (χ4v) is 3.30. The smallest absolute Gasteiger partial charge is 0.331 e. The average Bonchev–Trinajstić information content (AvgIpc) is 2.63. The molecule has 0 aromatic heterocycles. The van der Waals surface area contributed by atoms with Gasteiger partial charge in [-0.1, -0.05) is 32.8 Å². The van der Waals surface area contributed by atoms with Gasteiger partial charge in [-0.05, 0) is 49.0 Å². The number of hydrogen-bond acceptors (Lipinski definition) is 4. The third kappa shape index (κ3) is 5.81. The lowest BCUT2D eigenvalue weighted by Crippen LogP contribution is -2.47. The summed E-state index contributed by atoms with van der Waals surface area (Å²) in [6, 6.07) is 4.46. The molecule has 0 unspecified atom stereocenters. The zero-order valence-corrected chi connectivity index (χ0v) is 16.3. The van der Waals surface area contributed by atoms with Crippen molar-refractivity contribution in [2.24, 2.45) is 11.8 Å². The maximum atomic E-state index is 13.6. The molecular weight excluding hydrogens is 349 g/mol. The second-order valence-corrected chi connectivity index (χ2v) is 7.19. The maximum absolute atomic E-state index is 13.6. The van der Waals surface area contributed by atoms with Crippen molar-refractivity contribution < 1.29 is 23.5 Å². The van der Waals surface area contributed by atoms with Crippen molar-refractivity contribution in [2.75, 3.05) is 7.11 Å². The van der Waals surface area contributed by atoms with E-state index in [1.165, 1.54) is 37.8 Å². The van der Waals surface area contributed by atoms with Gasteiger partial charge >= 0.3 is 5.97 Å². The number of carbonyl (C=O) groups is 2. The number of benzene rings is 1. The molecule has 0 saturated heterocycles. The summed E-state index contributed by atoms with van der Waals surface area (Å²) in [4.78, 5) is 24.3. The lowest BCUT2D eigenvalue weighted by atomic mass is 9.78. The van der Waals surface area contributed by atoms with E-state index in [9.17, 15) is 14.0 Å². The van der Waals surface area contributed by atoms with E-state index in [0.29, 0.717) is 17.4 Å². The molecule has 1 saturated carbocycles. The van der Waals surface area contributed by atoms with Crippen molar-refractivity contribution in [2.45, 2.75) is 52.2 Å². The Morgan fingerprint density at radius 2 is 2.04 bits per heavy atom. The Labute approximate surface area is 159 Å². The summed E-state index contributed by atoms with van der Waals surface area (Å²) in [6.45, 7) is 5.88. The molecule has 0 bridgehead atoms. The highest BCUT2D eigenvalue weighted by atomic mass is 19.1. The summed E-state index contributed by atoms with van der Waals surface area (Å²) < 4.78 is 23.6. The van der Waals surface area contributed by atoms with Crippen LogP contribution in [0.15, 0.2) is 24.3 Å². The van der Waals surface area contributed by atoms with E-state index in [1.54, 1.807) is 13.0 Å². The van der Waals surface area contributed by atoms with Gasteiger partial charge in [-0.15, -0.1) is 0 Å². The summed E-state index contributed by atoms with van der Waals surface area (Å²) in [5, 5.41) is 2.99. The standard InChI is InChI=1S/C21H28FNO4/c1-13-6-5-7-18(14(13)2)23-21(25)15(3)27-20(24)11-9-16-8-10-19(26-4)17(22)12-16/h8-15,18H,5-7H2,1-4H3,(H,23,25)/b11-9+/t13-,14+,15+,18+/m0/s1. The molecule has 5 nitrogen and oxygen atoms in total. The Balaban J connectivity index is 1.87. The first-order valence-corrected chi connectivity index (χ1v) is 9.34. The molecule has 1 N–H and O–H groups in total. The van der Waals surface area contributed by atoms with Crippen molar-refractivity contribution in [3.05, 3.63) is 35.7 Å². The van der Waals surface area contributed by atoms with E-state index in [1.807, 2.05) is 0 Å². The van der Waals surface area contributed by atoms with Gasteiger partial charge in [-0.3, -0.25) is 4.79 Å². The van der Waals surface area contributed by atoms with Crippen molar-refractivity contribution in [3.63, 3.8) is 0 Å². The molecule has 1 amide bonds. The van der Waals surface area contributed by atoms with E-state index in [2.05, 4.69) is 19.2 Å². The number of methoxy groups -OCH3 is 1. The number of amides is 1. The summed E-state index contributed by atoms with van der Waals surface area (Å²) in [7, 11) is 1.38. The first-order valence-electron chi connectivity index (χ1n) is 9.34. The molecule has 1 aliphatic carbocycles. The molecule has 1 aliphatic rings. The summed E-state index contributed by atoms with van der Waals surface area (Å²) in [5.41, 5.74) is 0.493. The molecule has 4 atom stereocenters. The number of esters is 1. The fourth-order valence-electron chi connectivity index (χ4n) is 3.30. The van der Waals surface area contributed by atoms with Crippen LogP contribution >= 0.6 is 0 Å². The normalized spacial score (nSPS) is 23.7. The minimum Gasteiger partial charge on any atom is -0.494 e. The van der Waals surface area contributed by atoms with Gasteiger partial charge in [0, 0.05) is 12.1 Å². The fraction of sp³-hybridized carbons (Fsp3) is 0.524. The summed E-state index contributed by atoms with van der Waals surface area (Å²) >= 11 is 0. The quantitative estimate of drug-likeness (QED) is 0.606. The number of ether oxygens (including phenoxy) is 2. The topological polar surface area (TPSA) is 64.6 Å². The van der Waals surface area contributed by atoms with E-state index < -0.39 is 17.9 Å². The van der Waals surface area contributed by atoms with Crippen LogP contribution in [-0.4, -0.2) is 31.1 Å². The SMILES string of the molecule is COc1ccc(/C=C/C(=O)O[C@H](C)C(=O)N[C@@H]2CCC[C@H](C)[C@H]2C)cc1F. The van der Waals surface area contributed by atoms with Crippen LogP contribution in [0.25, 0.3) is 6.08 Å². The van der Waals surface area contributed by atoms with Gasteiger partial charge in [0.15, 0.2) is 17.7 Å². The molecule has 1 aromatic rings. The van der Waals surface area contributed by atoms with Gasteiger partial charge in [-0.25, -0.2) is 9.18 Å². The molecule has 0 spiro atoms. The van der Waals surface area contributed by atoms with Gasteiger partial charge < -0.3 is 14.8 Å².